The van der Waals surface area contributed by atoms with Gasteiger partial charge in [-0.05, 0) is 26.8 Å². The van der Waals surface area contributed by atoms with Crippen LogP contribution in [0.5, 0.6) is 0 Å². The average Bonchev–Trinajstić information content (AvgIpc) is 2.30. The van der Waals surface area contributed by atoms with Crippen molar-refractivity contribution in [3.8, 4) is 0 Å². The Labute approximate surface area is 71.6 Å². The van der Waals surface area contributed by atoms with E-state index < -0.39 is 5.97 Å². The summed E-state index contributed by atoms with van der Waals surface area (Å²) in [4.78, 5) is 10.6. The second-order valence-electron chi connectivity index (χ2n) is 3.12. The largest absolute Gasteiger partial charge is 0.478 e. The Kier molecular flexibility index (Phi) is 2.22. The maximum absolute atomic E-state index is 10.6. The van der Waals surface area contributed by atoms with Gasteiger partial charge in [-0.15, -0.1) is 0 Å². The van der Waals surface area contributed by atoms with Gasteiger partial charge < -0.3 is 9.67 Å². The van der Waals surface area contributed by atoms with E-state index in [0.29, 0.717) is 11.6 Å². The van der Waals surface area contributed by atoms with Gasteiger partial charge in [-0.1, -0.05) is 0 Å². The van der Waals surface area contributed by atoms with Crippen molar-refractivity contribution >= 4 is 5.97 Å². The first kappa shape index (κ1) is 8.84. The zero-order chi connectivity index (χ0) is 9.30. The summed E-state index contributed by atoms with van der Waals surface area (Å²) in [5, 5.41) is 8.75. The number of carboxylic acid groups (broad SMARTS) is 1. The van der Waals surface area contributed by atoms with Crippen LogP contribution in [0.1, 0.15) is 35.9 Å². The molecule has 0 radical (unpaired) electrons. The lowest BCUT2D eigenvalue weighted by Gasteiger charge is -2.09. The fraction of sp³-hybridized carbons (Fsp3) is 0.444. The highest BCUT2D eigenvalue weighted by Gasteiger charge is 2.11. The smallest absolute Gasteiger partial charge is 0.337 e. The fourth-order valence-electron chi connectivity index (χ4n) is 1.31. The van der Waals surface area contributed by atoms with Gasteiger partial charge in [0.1, 0.15) is 0 Å². The topological polar surface area (TPSA) is 42.2 Å². The highest BCUT2D eigenvalue weighted by atomic mass is 16.4. The van der Waals surface area contributed by atoms with Crippen molar-refractivity contribution in [1.82, 2.24) is 4.57 Å². The number of hydrogen-bond donors (Lipinski definition) is 1. The van der Waals surface area contributed by atoms with Crippen LogP contribution in [-0.4, -0.2) is 15.6 Å². The first-order valence-electron chi connectivity index (χ1n) is 3.94. The molecule has 0 amide bonds. The molecule has 0 aromatic carbocycles. The van der Waals surface area contributed by atoms with Crippen LogP contribution in [0.15, 0.2) is 12.3 Å². The minimum atomic E-state index is -0.855. The summed E-state index contributed by atoms with van der Waals surface area (Å²) in [5.41, 5.74) is 1.21. The Morgan fingerprint density at radius 3 is 2.42 bits per heavy atom. The molecule has 1 aromatic heterocycles. The van der Waals surface area contributed by atoms with E-state index in [2.05, 4.69) is 0 Å². The van der Waals surface area contributed by atoms with Crippen LogP contribution >= 0.6 is 0 Å². The lowest BCUT2D eigenvalue weighted by Crippen LogP contribution is -2.04. The molecule has 1 rings (SSSR count). The van der Waals surface area contributed by atoms with Crippen molar-refractivity contribution in [2.45, 2.75) is 26.8 Å². The number of nitrogens with zero attached hydrogens (tertiary/aromatic N) is 1. The summed E-state index contributed by atoms with van der Waals surface area (Å²) in [6.45, 7) is 5.88. The SMILES string of the molecule is Cc1c(C(=O)O)ccn1C(C)C. The molecular weight excluding hydrogens is 154 g/mol. The third-order valence-corrected chi connectivity index (χ3v) is 1.97. The van der Waals surface area contributed by atoms with Crippen molar-refractivity contribution < 1.29 is 9.90 Å². The summed E-state index contributed by atoms with van der Waals surface area (Å²) in [6.07, 6.45) is 1.81. The molecule has 3 heteroatoms. The van der Waals surface area contributed by atoms with Crippen LogP contribution in [0.4, 0.5) is 0 Å². The van der Waals surface area contributed by atoms with Crippen molar-refractivity contribution in [1.29, 1.82) is 0 Å². The van der Waals surface area contributed by atoms with E-state index in [1.54, 1.807) is 6.07 Å². The molecule has 66 valence electrons. The number of aromatic carboxylic acids is 1. The molecule has 0 atom stereocenters. The van der Waals surface area contributed by atoms with E-state index in [1.807, 2.05) is 31.5 Å². The van der Waals surface area contributed by atoms with E-state index in [-0.39, 0.29) is 0 Å². The molecule has 3 nitrogen and oxygen atoms in total. The maximum Gasteiger partial charge on any atom is 0.337 e. The van der Waals surface area contributed by atoms with Gasteiger partial charge >= 0.3 is 5.97 Å². The molecule has 0 aliphatic carbocycles. The Morgan fingerprint density at radius 1 is 1.58 bits per heavy atom. The average molecular weight is 167 g/mol. The second kappa shape index (κ2) is 3.01. The van der Waals surface area contributed by atoms with Crippen LogP contribution in [0.3, 0.4) is 0 Å². The van der Waals surface area contributed by atoms with E-state index in [4.69, 9.17) is 5.11 Å². The molecule has 0 fully saturated rings. The van der Waals surface area contributed by atoms with Gasteiger partial charge in [0.2, 0.25) is 0 Å². The van der Waals surface area contributed by atoms with Gasteiger partial charge in [-0.25, -0.2) is 4.79 Å². The molecule has 0 spiro atoms. The van der Waals surface area contributed by atoms with Crippen molar-refractivity contribution in [3.05, 3.63) is 23.5 Å². The lowest BCUT2D eigenvalue weighted by atomic mass is 10.2. The van der Waals surface area contributed by atoms with Gasteiger partial charge in [0.05, 0.1) is 5.56 Å². The number of aromatic nitrogens is 1. The van der Waals surface area contributed by atoms with Crippen LogP contribution in [0.2, 0.25) is 0 Å². The predicted octanol–water partition coefficient (Wildman–Crippen LogP) is 2.08. The summed E-state index contributed by atoms with van der Waals surface area (Å²) in [6, 6.07) is 1.95. The molecule has 0 aliphatic heterocycles. The van der Waals surface area contributed by atoms with Crippen LogP contribution in [0.25, 0.3) is 0 Å². The molecule has 1 heterocycles. The highest BCUT2D eigenvalue weighted by Crippen LogP contribution is 2.14. The first-order chi connectivity index (χ1) is 5.54. The van der Waals surface area contributed by atoms with Crippen LogP contribution in [-0.2, 0) is 0 Å². The van der Waals surface area contributed by atoms with Gasteiger partial charge in [-0.3, -0.25) is 0 Å². The molecular formula is C9H13NO2. The highest BCUT2D eigenvalue weighted by molar-refractivity contribution is 5.88. The minimum Gasteiger partial charge on any atom is -0.478 e. The third-order valence-electron chi connectivity index (χ3n) is 1.97. The maximum atomic E-state index is 10.6. The van der Waals surface area contributed by atoms with Crippen LogP contribution in [0, 0.1) is 6.92 Å². The minimum absolute atomic E-state index is 0.318. The van der Waals surface area contributed by atoms with Crippen LogP contribution < -0.4 is 0 Å². The van der Waals surface area contributed by atoms with E-state index in [9.17, 15) is 4.79 Å². The van der Waals surface area contributed by atoms with Crippen molar-refractivity contribution in [2.24, 2.45) is 0 Å². The van der Waals surface area contributed by atoms with Gasteiger partial charge in [0, 0.05) is 17.9 Å². The third kappa shape index (κ3) is 1.35. The van der Waals surface area contributed by atoms with E-state index >= 15 is 0 Å². The molecule has 12 heavy (non-hydrogen) atoms. The van der Waals surface area contributed by atoms with Gasteiger partial charge in [0.15, 0.2) is 0 Å². The zero-order valence-corrected chi connectivity index (χ0v) is 7.53. The number of carbonyl (C=O) groups is 1. The number of hydrogen-bond acceptors (Lipinski definition) is 1. The molecule has 0 aliphatic rings. The van der Waals surface area contributed by atoms with E-state index in [0.717, 1.165) is 5.69 Å². The Bertz CT molecular complexity index is 299. The van der Waals surface area contributed by atoms with Crippen molar-refractivity contribution in [3.63, 3.8) is 0 Å². The Balaban J connectivity index is 3.13. The lowest BCUT2D eigenvalue weighted by molar-refractivity contribution is 0.0696. The number of carboxylic acids is 1. The fourth-order valence-corrected chi connectivity index (χ4v) is 1.31. The molecule has 1 aromatic rings. The monoisotopic (exact) mass is 167 g/mol. The summed E-state index contributed by atoms with van der Waals surface area (Å²) in [5.74, 6) is -0.855. The Morgan fingerprint density at radius 2 is 2.17 bits per heavy atom. The van der Waals surface area contributed by atoms with Crippen molar-refractivity contribution in [2.75, 3.05) is 0 Å². The standard InChI is InChI=1S/C9H13NO2/c1-6(2)10-5-4-8(7(10)3)9(11)12/h4-6H,1-3H3,(H,11,12). The number of rotatable bonds is 2. The van der Waals surface area contributed by atoms with Gasteiger partial charge in [0.25, 0.3) is 0 Å². The second-order valence-corrected chi connectivity index (χ2v) is 3.12. The zero-order valence-electron chi connectivity index (χ0n) is 7.53. The van der Waals surface area contributed by atoms with Gasteiger partial charge in [-0.2, -0.15) is 0 Å². The van der Waals surface area contributed by atoms with E-state index in [1.165, 1.54) is 0 Å². The normalized spacial score (nSPS) is 10.7. The summed E-state index contributed by atoms with van der Waals surface area (Å²) in [7, 11) is 0. The molecule has 0 saturated heterocycles. The Hall–Kier alpha value is -1.25. The molecule has 0 saturated carbocycles. The molecule has 0 bridgehead atoms. The first-order valence-corrected chi connectivity index (χ1v) is 3.94. The molecule has 1 N–H and O–H groups in total. The quantitative estimate of drug-likeness (QED) is 0.732. The summed E-state index contributed by atoms with van der Waals surface area (Å²) >= 11 is 0. The summed E-state index contributed by atoms with van der Waals surface area (Å²) < 4.78 is 1.95. The predicted molar refractivity (Wildman–Crippen MR) is 46.5 cm³/mol. The molecule has 0 unspecified atom stereocenters.